The van der Waals surface area contributed by atoms with Crippen LogP contribution in [0.15, 0.2) is 0 Å². The average Bonchev–Trinajstić information content (AvgIpc) is 2.71. The molecule has 3 nitrogen and oxygen atoms in total. The first-order valence-electron chi connectivity index (χ1n) is 6.58. The van der Waals surface area contributed by atoms with Crippen LogP contribution in [0.3, 0.4) is 0 Å². The maximum absolute atomic E-state index is 5.58. The first-order chi connectivity index (χ1) is 7.59. The van der Waals surface area contributed by atoms with Crippen molar-refractivity contribution >= 4 is 0 Å². The molecule has 1 unspecified atom stereocenters. The fourth-order valence-corrected chi connectivity index (χ4v) is 2.38. The second kappa shape index (κ2) is 6.58. The Hall–Kier alpha value is -0.120. The molecule has 0 aromatic rings. The van der Waals surface area contributed by atoms with Crippen molar-refractivity contribution in [1.82, 2.24) is 4.90 Å². The summed E-state index contributed by atoms with van der Waals surface area (Å²) in [4.78, 5) is 2.62. The summed E-state index contributed by atoms with van der Waals surface area (Å²) in [6.45, 7) is 7.58. The number of hydrogen-bond acceptors (Lipinski definition) is 3. The number of rotatable bonds is 7. The molecule has 0 saturated carbocycles. The fraction of sp³-hybridized carbons (Fsp3) is 1.00. The van der Waals surface area contributed by atoms with Gasteiger partial charge in [-0.25, -0.2) is 0 Å². The van der Waals surface area contributed by atoms with E-state index in [0.29, 0.717) is 0 Å². The lowest BCUT2D eigenvalue weighted by molar-refractivity contribution is 0.00624. The lowest BCUT2D eigenvalue weighted by atomic mass is 10.0. The van der Waals surface area contributed by atoms with Crippen molar-refractivity contribution in [1.29, 1.82) is 0 Å². The highest BCUT2D eigenvalue weighted by Gasteiger charge is 2.26. The molecule has 1 aliphatic rings. The van der Waals surface area contributed by atoms with Crippen LogP contribution in [0.25, 0.3) is 0 Å². The van der Waals surface area contributed by atoms with Gasteiger partial charge in [0, 0.05) is 19.7 Å². The lowest BCUT2D eigenvalue weighted by Gasteiger charge is -2.29. The van der Waals surface area contributed by atoms with Gasteiger partial charge in [0.25, 0.3) is 0 Å². The number of nitrogens with zero attached hydrogens (tertiary/aromatic N) is 1. The van der Waals surface area contributed by atoms with Crippen LogP contribution in [-0.4, -0.2) is 43.3 Å². The van der Waals surface area contributed by atoms with Crippen molar-refractivity contribution in [2.24, 2.45) is 5.73 Å². The predicted octanol–water partition coefficient (Wildman–Crippen LogP) is 2.00. The van der Waals surface area contributed by atoms with E-state index >= 15 is 0 Å². The number of methoxy groups -OCH3 is 1. The molecule has 16 heavy (non-hydrogen) atoms. The molecule has 1 atom stereocenters. The number of nitrogens with two attached hydrogens (primary N) is 1. The van der Waals surface area contributed by atoms with Crippen molar-refractivity contribution in [3.8, 4) is 0 Å². The molecule has 0 spiro atoms. The molecule has 0 aromatic heterocycles. The van der Waals surface area contributed by atoms with Crippen LogP contribution in [0.2, 0.25) is 0 Å². The molecule has 3 heteroatoms. The molecule has 1 rings (SSSR count). The van der Waals surface area contributed by atoms with E-state index in [1.165, 1.54) is 25.8 Å². The summed E-state index contributed by atoms with van der Waals surface area (Å²) >= 11 is 0. The summed E-state index contributed by atoms with van der Waals surface area (Å²) in [5.41, 5.74) is 5.59. The van der Waals surface area contributed by atoms with Crippen molar-refractivity contribution in [2.45, 2.75) is 57.6 Å². The maximum Gasteiger partial charge on any atom is 0.0634 e. The van der Waals surface area contributed by atoms with Crippen LogP contribution < -0.4 is 5.73 Å². The summed E-state index contributed by atoms with van der Waals surface area (Å²) in [6, 6.07) is 0.774. The van der Waals surface area contributed by atoms with Gasteiger partial charge in [-0.1, -0.05) is 0 Å². The highest BCUT2D eigenvalue weighted by atomic mass is 16.5. The van der Waals surface area contributed by atoms with E-state index in [2.05, 4.69) is 18.7 Å². The van der Waals surface area contributed by atoms with Gasteiger partial charge in [0.15, 0.2) is 0 Å². The van der Waals surface area contributed by atoms with Gasteiger partial charge in [0.1, 0.15) is 0 Å². The molecule has 1 aliphatic heterocycles. The van der Waals surface area contributed by atoms with Crippen LogP contribution in [0.4, 0.5) is 0 Å². The molecule has 0 aliphatic carbocycles. The van der Waals surface area contributed by atoms with Crippen LogP contribution >= 0.6 is 0 Å². The zero-order chi connectivity index (χ0) is 12.0. The third-order valence-electron chi connectivity index (χ3n) is 3.79. The summed E-state index contributed by atoms with van der Waals surface area (Å²) in [5.74, 6) is 0. The molecule has 1 fully saturated rings. The van der Waals surface area contributed by atoms with Gasteiger partial charge in [0.2, 0.25) is 0 Å². The van der Waals surface area contributed by atoms with E-state index < -0.39 is 0 Å². The van der Waals surface area contributed by atoms with Gasteiger partial charge in [-0.05, 0) is 59.0 Å². The first kappa shape index (κ1) is 13.9. The number of hydrogen-bond donors (Lipinski definition) is 1. The third-order valence-corrected chi connectivity index (χ3v) is 3.79. The largest absolute Gasteiger partial charge is 0.379 e. The Bertz CT molecular complexity index is 194. The SMILES string of the molecule is COC(C)(C)CCN1CCCC1CCCN. The van der Waals surface area contributed by atoms with Gasteiger partial charge in [-0.3, -0.25) is 0 Å². The molecule has 96 valence electrons. The second-order valence-electron chi connectivity index (χ2n) is 5.48. The first-order valence-corrected chi connectivity index (χ1v) is 6.58. The third kappa shape index (κ3) is 4.40. The van der Waals surface area contributed by atoms with Crippen LogP contribution in [0.1, 0.15) is 46.0 Å². The highest BCUT2D eigenvalue weighted by Crippen LogP contribution is 2.23. The molecule has 0 radical (unpaired) electrons. The van der Waals surface area contributed by atoms with E-state index in [4.69, 9.17) is 10.5 Å². The Kier molecular flexibility index (Phi) is 5.73. The minimum absolute atomic E-state index is 0.0149. The highest BCUT2D eigenvalue weighted by molar-refractivity contribution is 4.81. The van der Waals surface area contributed by atoms with Crippen molar-refractivity contribution in [3.05, 3.63) is 0 Å². The van der Waals surface area contributed by atoms with E-state index in [1.54, 1.807) is 7.11 Å². The van der Waals surface area contributed by atoms with E-state index in [1.807, 2.05) is 0 Å². The van der Waals surface area contributed by atoms with E-state index in [-0.39, 0.29) is 5.60 Å². The quantitative estimate of drug-likeness (QED) is 0.724. The Morgan fingerprint density at radius 2 is 2.19 bits per heavy atom. The number of ether oxygens (including phenoxy) is 1. The van der Waals surface area contributed by atoms with Crippen molar-refractivity contribution in [2.75, 3.05) is 26.7 Å². The normalized spacial score (nSPS) is 22.9. The van der Waals surface area contributed by atoms with Crippen molar-refractivity contribution < 1.29 is 4.74 Å². The molecule has 1 saturated heterocycles. The lowest BCUT2D eigenvalue weighted by Crippen LogP contribution is -2.35. The van der Waals surface area contributed by atoms with Crippen molar-refractivity contribution in [3.63, 3.8) is 0 Å². The summed E-state index contributed by atoms with van der Waals surface area (Å²) < 4.78 is 5.47. The molecule has 0 bridgehead atoms. The van der Waals surface area contributed by atoms with Gasteiger partial charge < -0.3 is 15.4 Å². The van der Waals surface area contributed by atoms with E-state index in [9.17, 15) is 0 Å². The predicted molar refractivity (Wildman–Crippen MR) is 68.6 cm³/mol. The topological polar surface area (TPSA) is 38.5 Å². The standard InChI is InChI=1S/C13H28N2O/c1-13(2,16-3)8-11-15-10-5-7-12(15)6-4-9-14/h12H,4-11,14H2,1-3H3. The average molecular weight is 228 g/mol. The molecular weight excluding hydrogens is 200 g/mol. The number of likely N-dealkylation sites (tertiary alicyclic amines) is 1. The monoisotopic (exact) mass is 228 g/mol. The molecule has 2 N–H and O–H groups in total. The van der Waals surface area contributed by atoms with Gasteiger partial charge in [-0.15, -0.1) is 0 Å². The maximum atomic E-state index is 5.58. The zero-order valence-electron chi connectivity index (χ0n) is 11.2. The van der Waals surface area contributed by atoms with Gasteiger partial charge in [0.05, 0.1) is 5.60 Å². The van der Waals surface area contributed by atoms with Crippen LogP contribution in [-0.2, 0) is 4.74 Å². The van der Waals surface area contributed by atoms with E-state index in [0.717, 1.165) is 32.0 Å². The Balaban J connectivity index is 2.29. The molecular formula is C13H28N2O. The smallest absolute Gasteiger partial charge is 0.0634 e. The summed E-state index contributed by atoms with van der Waals surface area (Å²) in [7, 11) is 1.80. The molecule has 0 amide bonds. The molecule has 1 heterocycles. The minimum atomic E-state index is 0.0149. The Morgan fingerprint density at radius 1 is 1.44 bits per heavy atom. The Morgan fingerprint density at radius 3 is 2.81 bits per heavy atom. The fourth-order valence-electron chi connectivity index (χ4n) is 2.38. The summed E-state index contributed by atoms with van der Waals surface area (Å²) in [5, 5.41) is 0. The van der Waals surface area contributed by atoms with Crippen LogP contribution in [0, 0.1) is 0 Å². The van der Waals surface area contributed by atoms with Gasteiger partial charge in [-0.2, -0.15) is 0 Å². The second-order valence-corrected chi connectivity index (χ2v) is 5.48. The Labute approximate surface area is 100 Å². The summed E-state index contributed by atoms with van der Waals surface area (Å²) in [6.07, 6.45) is 6.25. The molecule has 0 aromatic carbocycles. The zero-order valence-corrected chi connectivity index (χ0v) is 11.2. The van der Waals surface area contributed by atoms with Gasteiger partial charge >= 0.3 is 0 Å². The van der Waals surface area contributed by atoms with Crippen LogP contribution in [0.5, 0.6) is 0 Å². The minimum Gasteiger partial charge on any atom is -0.379 e.